The van der Waals surface area contributed by atoms with Crippen molar-refractivity contribution in [3.05, 3.63) is 59.8 Å². The molecule has 3 rings (SSSR count). The van der Waals surface area contributed by atoms with Crippen molar-refractivity contribution in [2.75, 3.05) is 16.0 Å². The lowest BCUT2D eigenvalue weighted by molar-refractivity contribution is -0.114. The molecule has 0 unspecified atom stereocenters. The van der Waals surface area contributed by atoms with Crippen molar-refractivity contribution in [3.8, 4) is 0 Å². The van der Waals surface area contributed by atoms with Gasteiger partial charge in [-0.1, -0.05) is 23.7 Å². The second-order valence-corrected chi connectivity index (χ2v) is 5.62. The van der Waals surface area contributed by atoms with Crippen LogP contribution in [0.2, 0.25) is 5.02 Å². The van der Waals surface area contributed by atoms with Crippen LogP contribution in [0.5, 0.6) is 0 Å². The summed E-state index contributed by atoms with van der Waals surface area (Å²) in [5.74, 6) is 0.715. The van der Waals surface area contributed by atoms with Gasteiger partial charge in [0.25, 0.3) is 0 Å². The Balaban J connectivity index is 1.74. The molecule has 0 spiro atoms. The highest BCUT2D eigenvalue weighted by atomic mass is 35.5. The van der Waals surface area contributed by atoms with Crippen molar-refractivity contribution in [1.82, 2.24) is 15.2 Å². The molecule has 0 aliphatic heterocycles. The number of carbonyl (C=O) groups excluding carboxylic acids is 1. The number of carbonyl (C=O) groups is 1. The molecule has 0 atom stereocenters. The molecule has 0 aliphatic rings. The van der Waals surface area contributed by atoms with Crippen LogP contribution in [0.15, 0.2) is 54.7 Å². The first-order valence-electron chi connectivity index (χ1n) is 7.45. The van der Waals surface area contributed by atoms with E-state index in [9.17, 15) is 4.79 Å². The highest BCUT2D eigenvalue weighted by Gasteiger charge is 2.04. The van der Waals surface area contributed by atoms with Crippen molar-refractivity contribution in [1.29, 1.82) is 0 Å². The summed E-state index contributed by atoms with van der Waals surface area (Å²) in [6, 6.07) is 14.5. The predicted molar refractivity (Wildman–Crippen MR) is 98.6 cm³/mol. The smallest absolute Gasteiger partial charge is 0.249 e. The first-order chi connectivity index (χ1) is 12.1. The molecule has 126 valence electrons. The molecular weight excluding hydrogens is 340 g/mol. The molecule has 1 heterocycles. The van der Waals surface area contributed by atoms with E-state index in [-0.39, 0.29) is 5.91 Å². The van der Waals surface area contributed by atoms with Gasteiger partial charge in [0.15, 0.2) is 5.82 Å². The molecule has 2 aromatic carbocycles. The zero-order valence-corrected chi connectivity index (χ0v) is 14.1. The van der Waals surface area contributed by atoms with Gasteiger partial charge in [-0.2, -0.15) is 10.1 Å². The fourth-order valence-electron chi connectivity index (χ4n) is 2.14. The lowest BCUT2D eigenvalue weighted by Gasteiger charge is -2.09. The number of hydrogen-bond acceptors (Lipinski definition) is 6. The molecular formula is C17H15ClN6O. The van der Waals surface area contributed by atoms with Crippen LogP contribution in [0, 0.1) is 0 Å². The normalized spacial score (nSPS) is 10.2. The summed E-state index contributed by atoms with van der Waals surface area (Å²) in [6.45, 7) is 1.46. The van der Waals surface area contributed by atoms with E-state index in [1.165, 1.54) is 13.1 Å². The molecule has 0 aliphatic carbocycles. The first-order valence-corrected chi connectivity index (χ1v) is 7.83. The van der Waals surface area contributed by atoms with E-state index in [0.717, 1.165) is 11.4 Å². The average Bonchev–Trinajstić information content (AvgIpc) is 2.55. The monoisotopic (exact) mass is 354 g/mol. The van der Waals surface area contributed by atoms with Crippen LogP contribution in [0.1, 0.15) is 6.92 Å². The topological polar surface area (TPSA) is 91.8 Å². The Morgan fingerprint density at radius 1 is 1.00 bits per heavy atom. The van der Waals surface area contributed by atoms with Gasteiger partial charge in [0.05, 0.1) is 6.20 Å². The maximum absolute atomic E-state index is 11.1. The number of amides is 1. The van der Waals surface area contributed by atoms with E-state index in [4.69, 9.17) is 11.6 Å². The van der Waals surface area contributed by atoms with Crippen LogP contribution < -0.4 is 16.0 Å². The van der Waals surface area contributed by atoms with Gasteiger partial charge in [-0.05, 0) is 36.4 Å². The Labute approximate surface area is 149 Å². The van der Waals surface area contributed by atoms with Crippen molar-refractivity contribution >= 4 is 46.3 Å². The van der Waals surface area contributed by atoms with E-state index >= 15 is 0 Å². The number of anilines is 5. The van der Waals surface area contributed by atoms with Crippen LogP contribution in [0.25, 0.3) is 0 Å². The second kappa shape index (κ2) is 7.59. The number of nitrogens with zero attached hydrogens (tertiary/aromatic N) is 3. The number of halogens is 1. The van der Waals surface area contributed by atoms with E-state index in [2.05, 4.69) is 31.1 Å². The Morgan fingerprint density at radius 2 is 1.72 bits per heavy atom. The zero-order valence-electron chi connectivity index (χ0n) is 13.3. The summed E-state index contributed by atoms with van der Waals surface area (Å²) in [5.41, 5.74) is 2.21. The largest absolute Gasteiger partial charge is 0.339 e. The molecule has 0 radical (unpaired) electrons. The van der Waals surface area contributed by atoms with Crippen LogP contribution in [0.4, 0.5) is 28.8 Å². The quantitative estimate of drug-likeness (QED) is 0.642. The van der Waals surface area contributed by atoms with Crippen LogP contribution in [0.3, 0.4) is 0 Å². The first kappa shape index (κ1) is 16.7. The highest BCUT2D eigenvalue weighted by molar-refractivity contribution is 6.30. The zero-order chi connectivity index (χ0) is 17.6. The lowest BCUT2D eigenvalue weighted by atomic mass is 10.3. The Hall–Kier alpha value is -3.19. The summed E-state index contributed by atoms with van der Waals surface area (Å²) in [6.07, 6.45) is 1.51. The number of benzene rings is 2. The Kier molecular flexibility index (Phi) is 5.06. The minimum absolute atomic E-state index is 0.136. The molecule has 0 fully saturated rings. The van der Waals surface area contributed by atoms with Crippen LogP contribution in [-0.4, -0.2) is 21.1 Å². The average molecular weight is 355 g/mol. The Bertz CT molecular complexity index is 902. The van der Waals surface area contributed by atoms with Crippen molar-refractivity contribution < 1.29 is 4.79 Å². The van der Waals surface area contributed by atoms with Gasteiger partial charge in [0.2, 0.25) is 11.9 Å². The van der Waals surface area contributed by atoms with Gasteiger partial charge in [-0.3, -0.25) is 4.79 Å². The van der Waals surface area contributed by atoms with Crippen molar-refractivity contribution in [2.45, 2.75) is 6.92 Å². The maximum Gasteiger partial charge on any atom is 0.249 e. The summed E-state index contributed by atoms with van der Waals surface area (Å²) in [4.78, 5) is 15.5. The minimum Gasteiger partial charge on any atom is -0.339 e. The van der Waals surface area contributed by atoms with Gasteiger partial charge >= 0.3 is 0 Å². The number of hydrogen-bond donors (Lipinski definition) is 3. The molecule has 0 bridgehead atoms. The molecule has 3 N–H and O–H groups in total. The fourth-order valence-corrected chi connectivity index (χ4v) is 2.33. The maximum atomic E-state index is 11.1. The minimum atomic E-state index is -0.136. The predicted octanol–water partition coefficient (Wildman–Crippen LogP) is 3.97. The molecule has 8 heteroatoms. The number of nitrogens with one attached hydrogen (secondary N) is 3. The van der Waals surface area contributed by atoms with Gasteiger partial charge in [0, 0.05) is 29.0 Å². The lowest BCUT2D eigenvalue weighted by Crippen LogP contribution is -2.06. The second-order valence-electron chi connectivity index (χ2n) is 5.19. The molecule has 1 amide bonds. The molecule has 0 saturated heterocycles. The van der Waals surface area contributed by atoms with Gasteiger partial charge < -0.3 is 16.0 Å². The standard InChI is InChI=1S/C17H15ClN6O/c1-11(25)20-14-6-3-7-15(9-14)22-17-23-16(10-19-24-17)21-13-5-2-4-12(18)8-13/h2-10H,1H3,(H,20,25)(H2,21,22,23,24). The molecule has 25 heavy (non-hydrogen) atoms. The van der Waals surface area contributed by atoms with Gasteiger partial charge in [0.1, 0.15) is 0 Å². The molecule has 0 saturated carbocycles. The van der Waals surface area contributed by atoms with Crippen LogP contribution >= 0.6 is 11.6 Å². The van der Waals surface area contributed by atoms with Gasteiger partial charge in [-0.15, -0.1) is 5.10 Å². The number of aromatic nitrogens is 3. The summed E-state index contributed by atoms with van der Waals surface area (Å²) < 4.78 is 0. The summed E-state index contributed by atoms with van der Waals surface area (Å²) in [7, 11) is 0. The third kappa shape index (κ3) is 4.89. The Morgan fingerprint density at radius 3 is 2.48 bits per heavy atom. The third-order valence-corrected chi connectivity index (χ3v) is 3.33. The van der Waals surface area contributed by atoms with E-state index in [0.29, 0.717) is 22.5 Å². The molecule has 3 aromatic rings. The van der Waals surface area contributed by atoms with Crippen molar-refractivity contribution in [3.63, 3.8) is 0 Å². The summed E-state index contributed by atoms with van der Waals surface area (Å²) >= 11 is 5.97. The van der Waals surface area contributed by atoms with E-state index in [1.54, 1.807) is 24.3 Å². The highest BCUT2D eigenvalue weighted by Crippen LogP contribution is 2.21. The fraction of sp³-hybridized carbons (Fsp3) is 0.0588. The molecule has 1 aromatic heterocycles. The van der Waals surface area contributed by atoms with Crippen molar-refractivity contribution in [2.24, 2.45) is 0 Å². The summed E-state index contributed by atoms with van der Waals surface area (Å²) in [5, 5.41) is 17.4. The SMILES string of the molecule is CC(=O)Nc1cccc(Nc2nncc(Nc3cccc(Cl)c3)n2)c1. The number of rotatable bonds is 5. The third-order valence-electron chi connectivity index (χ3n) is 3.09. The van der Waals surface area contributed by atoms with Gasteiger partial charge in [-0.25, -0.2) is 0 Å². The van der Waals surface area contributed by atoms with E-state index < -0.39 is 0 Å². The van der Waals surface area contributed by atoms with E-state index in [1.807, 2.05) is 24.3 Å². The van der Waals surface area contributed by atoms with Crippen LogP contribution in [-0.2, 0) is 4.79 Å². The molecule has 7 nitrogen and oxygen atoms in total.